The lowest BCUT2D eigenvalue weighted by Gasteiger charge is -2.25. The SMILES string of the molecule is CCNC(C1=CCCCC1)c1ccc(C)cc1F. The van der Waals surface area contributed by atoms with Gasteiger partial charge in [-0.2, -0.15) is 0 Å². The zero-order valence-electron chi connectivity index (χ0n) is 11.3. The zero-order valence-corrected chi connectivity index (χ0v) is 11.3. The van der Waals surface area contributed by atoms with Crippen molar-refractivity contribution in [2.75, 3.05) is 6.54 Å². The summed E-state index contributed by atoms with van der Waals surface area (Å²) in [6, 6.07) is 5.60. The Bertz CT molecular complexity index is 437. The third-order valence-electron chi connectivity index (χ3n) is 3.57. The van der Waals surface area contributed by atoms with Gasteiger partial charge >= 0.3 is 0 Å². The van der Waals surface area contributed by atoms with E-state index in [1.165, 1.54) is 18.4 Å². The second-order valence-corrected chi connectivity index (χ2v) is 5.04. The Labute approximate surface area is 109 Å². The lowest BCUT2D eigenvalue weighted by molar-refractivity contribution is 0.527. The average molecular weight is 247 g/mol. The molecule has 18 heavy (non-hydrogen) atoms. The number of benzene rings is 1. The molecule has 0 radical (unpaired) electrons. The van der Waals surface area contributed by atoms with Crippen molar-refractivity contribution >= 4 is 0 Å². The molecular formula is C16H22FN. The summed E-state index contributed by atoms with van der Waals surface area (Å²) in [7, 11) is 0. The van der Waals surface area contributed by atoms with Crippen LogP contribution in [0.5, 0.6) is 0 Å². The Morgan fingerprint density at radius 3 is 2.78 bits per heavy atom. The lowest BCUT2D eigenvalue weighted by atomic mass is 9.89. The topological polar surface area (TPSA) is 12.0 Å². The minimum absolute atomic E-state index is 0.0518. The second-order valence-electron chi connectivity index (χ2n) is 5.04. The van der Waals surface area contributed by atoms with Gasteiger partial charge in [-0.3, -0.25) is 0 Å². The molecule has 1 unspecified atom stereocenters. The summed E-state index contributed by atoms with van der Waals surface area (Å²) in [5.41, 5.74) is 3.12. The summed E-state index contributed by atoms with van der Waals surface area (Å²) in [5.74, 6) is -0.0903. The van der Waals surface area contributed by atoms with E-state index in [9.17, 15) is 4.39 Å². The number of likely N-dealkylation sites (N-methyl/N-ethyl adjacent to an activating group) is 1. The molecule has 2 heteroatoms. The second kappa shape index (κ2) is 6.14. The van der Waals surface area contributed by atoms with Crippen LogP contribution in [0.3, 0.4) is 0 Å². The molecule has 0 amide bonds. The molecule has 0 spiro atoms. The van der Waals surface area contributed by atoms with Crippen LogP contribution in [0.4, 0.5) is 4.39 Å². The van der Waals surface area contributed by atoms with Crippen molar-refractivity contribution in [3.63, 3.8) is 0 Å². The molecule has 1 aliphatic carbocycles. The Kier molecular flexibility index (Phi) is 4.54. The highest BCUT2D eigenvalue weighted by Gasteiger charge is 2.20. The molecule has 1 atom stereocenters. The first-order chi connectivity index (χ1) is 8.72. The summed E-state index contributed by atoms with van der Waals surface area (Å²) >= 11 is 0. The predicted molar refractivity (Wildman–Crippen MR) is 74.1 cm³/mol. The zero-order chi connectivity index (χ0) is 13.0. The first kappa shape index (κ1) is 13.3. The maximum absolute atomic E-state index is 14.1. The van der Waals surface area contributed by atoms with Crippen LogP contribution >= 0.6 is 0 Å². The molecule has 0 heterocycles. The highest BCUT2D eigenvalue weighted by atomic mass is 19.1. The summed E-state index contributed by atoms with van der Waals surface area (Å²) in [4.78, 5) is 0. The maximum Gasteiger partial charge on any atom is 0.128 e. The van der Waals surface area contributed by atoms with Gasteiger partial charge in [0.1, 0.15) is 5.82 Å². The smallest absolute Gasteiger partial charge is 0.128 e. The normalized spacial score (nSPS) is 17.4. The number of hydrogen-bond donors (Lipinski definition) is 1. The molecule has 0 fully saturated rings. The number of rotatable bonds is 4. The Morgan fingerprint density at radius 1 is 1.33 bits per heavy atom. The lowest BCUT2D eigenvalue weighted by Crippen LogP contribution is -2.24. The Hall–Kier alpha value is -1.15. The van der Waals surface area contributed by atoms with Crippen molar-refractivity contribution in [1.82, 2.24) is 5.32 Å². The van der Waals surface area contributed by atoms with Gasteiger partial charge in [0.25, 0.3) is 0 Å². The van der Waals surface area contributed by atoms with Gasteiger partial charge in [-0.25, -0.2) is 4.39 Å². The van der Waals surface area contributed by atoms with E-state index in [0.717, 1.165) is 30.5 Å². The van der Waals surface area contributed by atoms with Crippen LogP contribution in [0.15, 0.2) is 29.8 Å². The van der Waals surface area contributed by atoms with E-state index in [0.29, 0.717) is 0 Å². The third kappa shape index (κ3) is 2.99. The highest BCUT2D eigenvalue weighted by molar-refractivity contribution is 5.32. The quantitative estimate of drug-likeness (QED) is 0.783. The molecule has 1 aliphatic rings. The average Bonchev–Trinajstić information content (AvgIpc) is 2.38. The standard InChI is InChI=1S/C16H22FN/c1-3-18-16(13-7-5-4-6-8-13)14-10-9-12(2)11-15(14)17/h7,9-11,16,18H,3-6,8H2,1-2H3. The molecule has 0 saturated carbocycles. The van der Waals surface area contributed by atoms with E-state index < -0.39 is 0 Å². The van der Waals surface area contributed by atoms with Crippen molar-refractivity contribution in [3.8, 4) is 0 Å². The van der Waals surface area contributed by atoms with E-state index in [4.69, 9.17) is 0 Å². The Balaban J connectivity index is 2.31. The van der Waals surface area contributed by atoms with E-state index >= 15 is 0 Å². The number of nitrogens with one attached hydrogen (secondary N) is 1. The number of halogens is 1. The van der Waals surface area contributed by atoms with E-state index in [-0.39, 0.29) is 11.9 Å². The predicted octanol–water partition coefficient (Wildman–Crippen LogP) is 4.29. The van der Waals surface area contributed by atoms with Gasteiger partial charge in [0.05, 0.1) is 6.04 Å². The van der Waals surface area contributed by atoms with Gasteiger partial charge in [0.2, 0.25) is 0 Å². The molecule has 0 aromatic heterocycles. The fourth-order valence-electron chi connectivity index (χ4n) is 2.64. The highest BCUT2D eigenvalue weighted by Crippen LogP contribution is 2.31. The molecule has 98 valence electrons. The minimum Gasteiger partial charge on any atom is -0.307 e. The van der Waals surface area contributed by atoms with Crippen LogP contribution < -0.4 is 5.32 Å². The Morgan fingerprint density at radius 2 is 2.17 bits per heavy atom. The van der Waals surface area contributed by atoms with Crippen LogP contribution in [-0.2, 0) is 0 Å². The summed E-state index contributed by atoms with van der Waals surface area (Å²) in [6.07, 6.45) is 6.99. The van der Waals surface area contributed by atoms with Gasteiger partial charge in [-0.15, -0.1) is 0 Å². The summed E-state index contributed by atoms with van der Waals surface area (Å²) < 4.78 is 14.1. The molecule has 0 bridgehead atoms. The van der Waals surface area contributed by atoms with E-state index in [1.807, 2.05) is 19.1 Å². The van der Waals surface area contributed by atoms with E-state index in [2.05, 4.69) is 18.3 Å². The molecule has 1 nitrogen and oxygen atoms in total. The van der Waals surface area contributed by atoms with Crippen molar-refractivity contribution < 1.29 is 4.39 Å². The molecule has 2 rings (SSSR count). The van der Waals surface area contributed by atoms with Gasteiger partial charge < -0.3 is 5.32 Å². The third-order valence-corrected chi connectivity index (χ3v) is 3.57. The van der Waals surface area contributed by atoms with Crippen LogP contribution in [0.1, 0.15) is 49.8 Å². The monoisotopic (exact) mass is 247 g/mol. The summed E-state index contributed by atoms with van der Waals surface area (Å²) in [6.45, 7) is 4.85. The first-order valence-electron chi connectivity index (χ1n) is 6.90. The number of hydrogen-bond acceptors (Lipinski definition) is 1. The number of allylic oxidation sites excluding steroid dienone is 1. The maximum atomic E-state index is 14.1. The van der Waals surface area contributed by atoms with Crippen molar-refractivity contribution in [2.45, 2.75) is 45.6 Å². The summed E-state index contributed by atoms with van der Waals surface area (Å²) in [5, 5.41) is 3.42. The first-order valence-corrected chi connectivity index (χ1v) is 6.90. The van der Waals surface area contributed by atoms with Gasteiger partial charge in [0.15, 0.2) is 0 Å². The van der Waals surface area contributed by atoms with Crippen LogP contribution in [0, 0.1) is 12.7 Å². The molecular weight excluding hydrogens is 225 g/mol. The fraction of sp³-hybridized carbons (Fsp3) is 0.500. The van der Waals surface area contributed by atoms with Gasteiger partial charge in [0, 0.05) is 5.56 Å². The fourth-order valence-corrected chi connectivity index (χ4v) is 2.64. The molecule has 1 aromatic carbocycles. The minimum atomic E-state index is -0.0903. The van der Waals surface area contributed by atoms with Crippen molar-refractivity contribution in [1.29, 1.82) is 0 Å². The molecule has 0 saturated heterocycles. The van der Waals surface area contributed by atoms with Crippen LogP contribution in [-0.4, -0.2) is 6.54 Å². The van der Waals surface area contributed by atoms with Gasteiger partial charge in [-0.1, -0.05) is 30.7 Å². The van der Waals surface area contributed by atoms with Crippen molar-refractivity contribution in [3.05, 3.63) is 46.8 Å². The van der Waals surface area contributed by atoms with Crippen LogP contribution in [0.25, 0.3) is 0 Å². The number of aryl methyl sites for hydroxylation is 1. The largest absolute Gasteiger partial charge is 0.307 e. The van der Waals surface area contributed by atoms with Crippen LogP contribution in [0.2, 0.25) is 0 Å². The van der Waals surface area contributed by atoms with Crippen molar-refractivity contribution in [2.24, 2.45) is 0 Å². The molecule has 1 aromatic rings. The molecule has 0 aliphatic heterocycles. The molecule has 1 N–H and O–H groups in total. The van der Waals surface area contributed by atoms with Gasteiger partial charge in [-0.05, 0) is 50.8 Å². The van der Waals surface area contributed by atoms with E-state index in [1.54, 1.807) is 6.07 Å².